The summed E-state index contributed by atoms with van der Waals surface area (Å²) in [5, 5.41) is 5.71. The number of rotatable bonds is 5. The van der Waals surface area contributed by atoms with Crippen LogP contribution in [0.1, 0.15) is 29.9 Å². The maximum Gasteiger partial charge on any atom is 0.0419 e. The Morgan fingerprint density at radius 2 is 2.05 bits per heavy atom. The molecule has 0 aliphatic carbocycles. The van der Waals surface area contributed by atoms with Gasteiger partial charge in [0, 0.05) is 36.2 Å². The fourth-order valence-corrected chi connectivity index (χ4v) is 3.51. The van der Waals surface area contributed by atoms with Gasteiger partial charge in [0.1, 0.15) is 0 Å². The predicted octanol–water partition coefficient (Wildman–Crippen LogP) is 4.55. The number of thiophene rings is 1. The van der Waals surface area contributed by atoms with Gasteiger partial charge in [0.15, 0.2) is 0 Å². The molecule has 0 spiro atoms. The summed E-state index contributed by atoms with van der Waals surface area (Å²) in [6.07, 6.45) is 1.16. The molecule has 0 bridgehead atoms. The van der Waals surface area contributed by atoms with Crippen molar-refractivity contribution in [3.63, 3.8) is 0 Å². The van der Waals surface area contributed by atoms with Gasteiger partial charge < -0.3 is 5.32 Å². The summed E-state index contributed by atoms with van der Waals surface area (Å²) in [4.78, 5) is 3.99. The number of hydrogen-bond donors (Lipinski definition) is 1. The molecule has 0 fully saturated rings. The van der Waals surface area contributed by atoms with Gasteiger partial charge >= 0.3 is 0 Å². The zero-order valence-electron chi connectivity index (χ0n) is 12.6. The molecule has 1 aromatic carbocycles. The summed E-state index contributed by atoms with van der Waals surface area (Å²) < 4.78 is 0. The SMILES string of the molecule is CC(C)N(Cc1cccs1)Cc1cccc2c1NCC2.Cl. The first-order valence-corrected chi connectivity index (χ1v) is 8.23. The Morgan fingerprint density at radius 3 is 2.76 bits per heavy atom. The van der Waals surface area contributed by atoms with E-state index in [0.717, 1.165) is 26.1 Å². The van der Waals surface area contributed by atoms with E-state index < -0.39 is 0 Å². The highest BCUT2D eigenvalue weighted by Gasteiger charge is 2.17. The lowest BCUT2D eigenvalue weighted by Crippen LogP contribution is -2.29. The van der Waals surface area contributed by atoms with E-state index >= 15 is 0 Å². The number of halogens is 1. The van der Waals surface area contributed by atoms with E-state index in [1.54, 1.807) is 0 Å². The van der Waals surface area contributed by atoms with Crippen LogP contribution < -0.4 is 5.32 Å². The first-order valence-electron chi connectivity index (χ1n) is 7.35. The summed E-state index contributed by atoms with van der Waals surface area (Å²) in [6.45, 7) is 7.71. The Kier molecular flexibility index (Phi) is 5.68. The van der Waals surface area contributed by atoms with Gasteiger partial charge in [0.25, 0.3) is 0 Å². The van der Waals surface area contributed by atoms with Crippen molar-refractivity contribution in [2.75, 3.05) is 11.9 Å². The van der Waals surface area contributed by atoms with Crippen LogP contribution in [0.5, 0.6) is 0 Å². The second-order valence-electron chi connectivity index (χ2n) is 5.71. The smallest absolute Gasteiger partial charge is 0.0419 e. The molecule has 1 aromatic heterocycles. The molecule has 0 saturated heterocycles. The minimum Gasteiger partial charge on any atom is -0.384 e. The van der Waals surface area contributed by atoms with Crippen LogP contribution >= 0.6 is 23.7 Å². The number of anilines is 1. The highest BCUT2D eigenvalue weighted by molar-refractivity contribution is 7.09. The van der Waals surface area contributed by atoms with Crippen molar-refractivity contribution >= 4 is 29.4 Å². The quantitative estimate of drug-likeness (QED) is 0.868. The zero-order valence-corrected chi connectivity index (χ0v) is 14.3. The maximum absolute atomic E-state index is 3.55. The third-order valence-corrected chi connectivity index (χ3v) is 4.84. The van der Waals surface area contributed by atoms with Crippen LogP contribution in [0.3, 0.4) is 0 Å². The van der Waals surface area contributed by atoms with Crippen LogP contribution in [-0.2, 0) is 19.5 Å². The van der Waals surface area contributed by atoms with E-state index in [1.807, 2.05) is 11.3 Å². The van der Waals surface area contributed by atoms with Crippen molar-refractivity contribution in [1.82, 2.24) is 4.90 Å². The molecular formula is C17H23ClN2S. The van der Waals surface area contributed by atoms with E-state index in [0.29, 0.717) is 6.04 Å². The molecule has 2 aromatic rings. The molecule has 3 rings (SSSR count). The molecule has 0 atom stereocenters. The van der Waals surface area contributed by atoms with E-state index in [4.69, 9.17) is 0 Å². The Morgan fingerprint density at radius 1 is 1.19 bits per heavy atom. The van der Waals surface area contributed by atoms with Crippen molar-refractivity contribution < 1.29 is 0 Å². The number of nitrogens with one attached hydrogen (secondary N) is 1. The van der Waals surface area contributed by atoms with Crippen molar-refractivity contribution in [3.05, 3.63) is 51.7 Å². The fourth-order valence-electron chi connectivity index (χ4n) is 2.79. The van der Waals surface area contributed by atoms with Gasteiger partial charge in [0.05, 0.1) is 0 Å². The molecule has 0 amide bonds. The summed E-state index contributed by atoms with van der Waals surface area (Å²) in [5.41, 5.74) is 4.29. The van der Waals surface area contributed by atoms with Gasteiger partial charge in [-0.15, -0.1) is 23.7 Å². The van der Waals surface area contributed by atoms with E-state index in [1.165, 1.54) is 21.7 Å². The lowest BCUT2D eigenvalue weighted by atomic mass is 10.1. The maximum atomic E-state index is 3.55. The van der Waals surface area contributed by atoms with E-state index in [-0.39, 0.29) is 12.4 Å². The van der Waals surface area contributed by atoms with E-state index in [2.05, 4.69) is 59.8 Å². The summed E-state index contributed by atoms with van der Waals surface area (Å²) >= 11 is 1.85. The summed E-state index contributed by atoms with van der Waals surface area (Å²) in [6, 6.07) is 11.6. The van der Waals surface area contributed by atoms with Crippen molar-refractivity contribution in [2.24, 2.45) is 0 Å². The molecule has 0 radical (unpaired) electrons. The van der Waals surface area contributed by atoms with Crippen LogP contribution in [0.4, 0.5) is 5.69 Å². The predicted molar refractivity (Wildman–Crippen MR) is 94.6 cm³/mol. The van der Waals surface area contributed by atoms with Gasteiger partial charge in [0.2, 0.25) is 0 Å². The topological polar surface area (TPSA) is 15.3 Å². The first kappa shape index (κ1) is 16.3. The lowest BCUT2D eigenvalue weighted by Gasteiger charge is -2.27. The molecule has 2 nitrogen and oxygen atoms in total. The number of hydrogen-bond acceptors (Lipinski definition) is 3. The Balaban J connectivity index is 0.00000161. The molecule has 1 aliphatic heterocycles. The van der Waals surface area contributed by atoms with Crippen molar-refractivity contribution in [2.45, 2.75) is 39.4 Å². The van der Waals surface area contributed by atoms with Crippen LogP contribution in [0.25, 0.3) is 0 Å². The largest absolute Gasteiger partial charge is 0.384 e. The van der Waals surface area contributed by atoms with Gasteiger partial charge in [-0.3, -0.25) is 4.90 Å². The summed E-state index contributed by atoms with van der Waals surface area (Å²) in [5.74, 6) is 0. The monoisotopic (exact) mass is 322 g/mol. The molecule has 114 valence electrons. The normalized spacial score (nSPS) is 13.1. The molecule has 0 saturated carbocycles. The third kappa shape index (κ3) is 3.79. The van der Waals surface area contributed by atoms with Crippen LogP contribution in [0, 0.1) is 0 Å². The number of benzene rings is 1. The van der Waals surface area contributed by atoms with Crippen molar-refractivity contribution in [3.8, 4) is 0 Å². The van der Waals surface area contributed by atoms with Gasteiger partial charge in [-0.2, -0.15) is 0 Å². The highest BCUT2D eigenvalue weighted by Crippen LogP contribution is 2.28. The Labute approximate surface area is 137 Å². The lowest BCUT2D eigenvalue weighted by molar-refractivity contribution is 0.206. The zero-order chi connectivity index (χ0) is 13.9. The molecule has 1 N–H and O–H groups in total. The first-order chi connectivity index (χ1) is 9.74. The molecule has 21 heavy (non-hydrogen) atoms. The molecule has 0 unspecified atom stereocenters. The van der Waals surface area contributed by atoms with Crippen LogP contribution in [0.2, 0.25) is 0 Å². The second-order valence-corrected chi connectivity index (χ2v) is 6.74. The minimum atomic E-state index is 0. The molecular weight excluding hydrogens is 300 g/mol. The van der Waals surface area contributed by atoms with Crippen LogP contribution in [0.15, 0.2) is 35.7 Å². The minimum absolute atomic E-state index is 0. The number of fused-ring (bicyclic) bond motifs is 1. The Bertz CT molecular complexity index is 566. The van der Waals surface area contributed by atoms with Gasteiger partial charge in [-0.25, -0.2) is 0 Å². The highest BCUT2D eigenvalue weighted by atomic mass is 35.5. The molecule has 4 heteroatoms. The molecule has 2 heterocycles. The standard InChI is InChI=1S/C17H22N2S.ClH/c1-13(2)19(12-16-7-4-10-20-16)11-15-6-3-5-14-8-9-18-17(14)15;/h3-7,10,13,18H,8-9,11-12H2,1-2H3;1H. The van der Waals surface area contributed by atoms with Gasteiger partial charge in [-0.05, 0) is 42.8 Å². The Hall–Kier alpha value is -1.03. The van der Waals surface area contributed by atoms with E-state index in [9.17, 15) is 0 Å². The fraction of sp³-hybridized carbons (Fsp3) is 0.412. The number of nitrogens with zero attached hydrogens (tertiary/aromatic N) is 1. The third-order valence-electron chi connectivity index (χ3n) is 3.98. The van der Waals surface area contributed by atoms with Gasteiger partial charge in [-0.1, -0.05) is 24.3 Å². The second kappa shape index (κ2) is 7.30. The number of para-hydroxylation sites is 1. The van der Waals surface area contributed by atoms with Crippen molar-refractivity contribution in [1.29, 1.82) is 0 Å². The summed E-state index contributed by atoms with van der Waals surface area (Å²) in [7, 11) is 0. The molecule has 1 aliphatic rings. The average Bonchev–Trinajstić information content (AvgIpc) is 3.08. The average molecular weight is 323 g/mol. The van der Waals surface area contributed by atoms with Crippen LogP contribution in [-0.4, -0.2) is 17.5 Å².